The predicted molar refractivity (Wildman–Crippen MR) is 145 cm³/mol. The molecule has 0 saturated heterocycles. The van der Waals surface area contributed by atoms with Crippen molar-refractivity contribution in [3.63, 3.8) is 0 Å². The third-order valence-electron chi connectivity index (χ3n) is 7.71. The molecule has 0 saturated carbocycles. The van der Waals surface area contributed by atoms with Crippen molar-refractivity contribution in [3.8, 4) is 11.5 Å². The molecule has 200 valence electrons. The number of phenolic OH excluding ortho intramolecular Hbond substituents is 1. The maximum atomic E-state index is 13.9. The third-order valence-corrected chi connectivity index (χ3v) is 7.71. The van der Waals surface area contributed by atoms with Gasteiger partial charge in [-0.1, -0.05) is 39.8 Å². The molecule has 1 N–H and O–H groups in total. The number of methoxy groups -OCH3 is 1. The monoisotopic (exact) mass is 507 g/mol. The van der Waals surface area contributed by atoms with Crippen molar-refractivity contribution in [2.75, 3.05) is 26.9 Å². The Morgan fingerprint density at radius 1 is 1.03 bits per heavy atom. The summed E-state index contributed by atoms with van der Waals surface area (Å²) in [6.07, 6.45) is 4.54. The smallest absolute Gasteiger partial charge is 0.162 e. The molecule has 3 aliphatic rings. The fraction of sp³-hybridized carbons (Fsp3) is 0.548. The van der Waals surface area contributed by atoms with Crippen molar-refractivity contribution in [1.82, 2.24) is 4.90 Å². The first-order valence-electron chi connectivity index (χ1n) is 13.3. The standard InChI is InChI=1S/C31H41NO5/c1-8-10-19-13-20(14-25(29(19)35)37-9-2)26-27-21(15-30(3,4)17-23(27)33)32(11-12-36-7)22-16-31(5,6)18-24(34)28(22)26/h8,13-14,26,35H,1,9-12,15-18H2,2-7H3. The van der Waals surface area contributed by atoms with Crippen LogP contribution in [0.4, 0.5) is 0 Å². The molecule has 0 amide bonds. The van der Waals surface area contributed by atoms with Crippen molar-refractivity contribution in [1.29, 1.82) is 0 Å². The van der Waals surface area contributed by atoms with E-state index in [1.807, 2.05) is 19.1 Å². The highest BCUT2D eigenvalue weighted by atomic mass is 16.5. The van der Waals surface area contributed by atoms with Crippen LogP contribution in [0.2, 0.25) is 0 Å². The minimum atomic E-state index is -0.487. The summed E-state index contributed by atoms with van der Waals surface area (Å²) in [5, 5.41) is 10.9. The van der Waals surface area contributed by atoms with Gasteiger partial charge in [0, 0.05) is 60.5 Å². The zero-order chi connectivity index (χ0) is 27.1. The fourth-order valence-electron chi connectivity index (χ4n) is 6.27. The number of ketones is 2. The number of aromatic hydroxyl groups is 1. The van der Waals surface area contributed by atoms with Crippen LogP contribution in [-0.4, -0.2) is 48.4 Å². The summed E-state index contributed by atoms with van der Waals surface area (Å²) in [5.41, 5.74) is 4.54. The van der Waals surface area contributed by atoms with Gasteiger partial charge < -0.3 is 19.5 Å². The van der Waals surface area contributed by atoms with Gasteiger partial charge in [-0.25, -0.2) is 0 Å². The number of hydrogen-bond acceptors (Lipinski definition) is 6. The number of Topliss-reactive ketones (excluding diaryl/α,β-unsaturated/α-hetero) is 2. The van der Waals surface area contributed by atoms with E-state index in [1.165, 1.54) is 0 Å². The van der Waals surface area contributed by atoms with Gasteiger partial charge in [-0.2, -0.15) is 0 Å². The molecule has 0 unspecified atom stereocenters. The molecule has 0 spiro atoms. The number of carbonyl (C=O) groups is 2. The van der Waals surface area contributed by atoms with E-state index in [-0.39, 0.29) is 28.1 Å². The van der Waals surface area contributed by atoms with Crippen molar-refractivity contribution in [3.05, 3.63) is 58.5 Å². The Labute approximate surface area is 221 Å². The Kier molecular flexibility index (Phi) is 7.44. The number of benzene rings is 1. The topological polar surface area (TPSA) is 76.1 Å². The third kappa shape index (κ3) is 5.13. The second kappa shape index (κ2) is 10.1. The summed E-state index contributed by atoms with van der Waals surface area (Å²) in [4.78, 5) is 30.0. The lowest BCUT2D eigenvalue weighted by molar-refractivity contribution is -0.119. The molecule has 0 radical (unpaired) electrons. The fourth-order valence-corrected chi connectivity index (χ4v) is 6.27. The van der Waals surface area contributed by atoms with Crippen LogP contribution in [0.1, 0.15) is 77.3 Å². The van der Waals surface area contributed by atoms with Crippen molar-refractivity contribution < 1.29 is 24.2 Å². The molecule has 37 heavy (non-hydrogen) atoms. The minimum Gasteiger partial charge on any atom is -0.504 e. The summed E-state index contributed by atoms with van der Waals surface area (Å²) in [6.45, 7) is 15.7. The second-order valence-electron chi connectivity index (χ2n) is 12.1. The highest BCUT2D eigenvalue weighted by Gasteiger charge is 2.49. The van der Waals surface area contributed by atoms with Crippen LogP contribution in [-0.2, 0) is 20.7 Å². The summed E-state index contributed by atoms with van der Waals surface area (Å²) in [5.74, 6) is 0.131. The van der Waals surface area contributed by atoms with Crippen LogP contribution in [0.3, 0.4) is 0 Å². The van der Waals surface area contributed by atoms with Gasteiger partial charge in [-0.15, -0.1) is 6.58 Å². The molecule has 4 rings (SSSR count). The molecule has 1 heterocycles. The summed E-state index contributed by atoms with van der Waals surface area (Å²) < 4.78 is 11.3. The van der Waals surface area contributed by atoms with Gasteiger partial charge in [-0.05, 0) is 48.6 Å². The molecule has 2 aliphatic carbocycles. The lowest BCUT2D eigenvalue weighted by atomic mass is 9.63. The van der Waals surface area contributed by atoms with Crippen LogP contribution in [0.25, 0.3) is 0 Å². The van der Waals surface area contributed by atoms with E-state index in [4.69, 9.17) is 9.47 Å². The molecular weight excluding hydrogens is 466 g/mol. The Morgan fingerprint density at radius 3 is 2.08 bits per heavy atom. The SMILES string of the molecule is C=CCc1cc(C2C3=C(CC(C)(C)CC3=O)N(CCOC)C3=C2C(=O)CC(C)(C)C3)cc(OCC)c1O. The van der Waals surface area contributed by atoms with Gasteiger partial charge in [0.25, 0.3) is 0 Å². The summed E-state index contributed by atoms with van der Waals surface area (Å²) >= 11 is 0. The van der Waals surface area contributed by atoms with Crippen molar-refractivity contribution in [2.45, 2.75) is 72.6 Å². The van der Waals surface area contributed by atoms with Gasteiger partial charge in [0.15, 0.2) is 23.1 Å². The van der Waals surface area contributed by atoms with E-state index in [0.717, 1.165) is 29.8 Å². The van der Waals surface area contributed by atoms with Gasteiger partial charge in [0.2, 0.25) is 0 Å². The Hall–Kier alpha value is -2.86. The molecular formula is C31H41NO5. The first-order valence-corrected chi connectivity index (χ1v) is 13.3. The number of rotatable bonds is 8. The van der Waals surface area contributed by atoms with E-state index in [2.05, 4.69) is 39.2 Å². The Morgan fingerprint density at radius 2 is 1.59 bits per heavy atom. The minimum absolute atomic E-state index is 0.0821. The van der Waals surface area contributed by atoms with Crippen LogP contribution >= 0.6 is 0 Å². The maximum Gasteiger partial charge on any atom is 0.162 e. The molecule has 1 aromatic rings. The summed E-state index contributed by atoms with van der Waals surface area (Å²) in [6, 6.07) is 3.74. The lowest BCUT2D eigenvalue weighted by Gasteiger charge is -2.49. The Bertz CT molecular complexity index is 1130. The number of hydrogen-bond donors (Lipinski definition) is 1. The average molecular weight is 508 g/mol. The number of phenols is 1. The molecule has 0 atom stereocenters. The molecule has 6 heteroatoms. The summed E-state index contributed by atoms with van der Waals surface area (Å²) in [7, 11) is 1.68. The van der Waals surface area contributed by atoms with Crippen LogP contribution in [0.5, 0.6) is 11.5 Å². The quantitative estimate of drug-likeness (QED) is 0.445. The van der Waals surface area contributed by atoms with E-state index in [0.29, 0.717) is 61.5 Å². The number of carbonyl (C=O) groups excluding carboxylic acids is 2. The Balaban J connectivity index is 2.02. The van der Waals surface area contributed by atoms with E-state index in [9.17, 15) is 14.7 Å². The normalized spacial score (nSPS) is 21.2. The maximum absolute atomic E-state index is 13.9. The average Bonchev–Trinajstić information content (AvgIpc) is 2.78. The van der Waals surface area contributed by atoms with E-state index >= 15 is 0 Å². The zero-order valence-electron chi connectivity index (χ0n) is 23.2. The number of allylic oxidation sites excluding steroid dienone is 5. The second-order valence-corrected chi connectivity index (χ2v) is 12.1. The van der Waals surface area contributed by atoms with Gasteiger partial charge in [0.1, 0.15) is 0 Å². The van der Waals surface area contributed by atoms with Crippen molar-refractivity contribution in [2.24, 2.45) is 10.8 Å². The van der Waals surface area contributed by atoms with Gasteiger partial charge in [-0.3, -0.25) is 9.59 Å². The number of ether oxygens (including phenoxy) is 2. The van der Waals surface area contributed by atoms with Gasteiger partial charge in [0.05, 0.1) is 13.2 Å². The van der Waals surface area contributed by atoms with Crippen LogP contribution in [0, 0.1) is 10.8 Å². The molecule has 0 bridgehead atoms. The van der Waals surface area contributed by atoms with Crippen molar-refractivity contribution >= 4 is 11.6 Å². The first-order chi connectivity index (χ1) is 17.4. The van der Waals surface area contributed by atoms with E-state index in [1.54, 1.807) is 13.2 Å². The van der Waals surface area contributed by atoms with Crippen LogP contribution in [0.15, 0.2) is 47.3 Å². The largest absolute Gasteiger partial charge is 0.504 e. The molecule has 6 nitrogen and oxygen atoms in total. The predicted octanol–water partition coefficient (Wildman–Crippen LogP) is 5.85. The molecule has 0 aromatic heterocycles. The first kappa shape index (κ1) is 27.2. The highest BCUT2D eigenvalue weighted by molar-refractivity contribution is 6.06. The molecule has 1 aromatic carbocycles. The molecule has 0 fully saturated rings. The highest BCUT2D eigenvalue weighted by Crippen LogP contribution is 2.55. The number of nitrogens with zero attached hydrogens (tertiary/aromatic N) is 1. The lowest BCUT2D eigenvalue weighted by Crippen LogP contribution is -2.45. The molecule has 1 aliphatic heterocycles. The van der Waals surface area contributed by atoms with Gasteiger partial charge >= 0.3 is 0 Å². The van der Waals surface area contributed by atoms with E-state index < -0.39 is 5.92 Å². The zero-order valence-corrected chi connectivity index (χ0v) is 23.2. The van der Waals surface area contributed by atoms with Crippen LogP contribution < -0.4 is 4.74 Å².